The summed E-state index contributed by atoms with van der Waals surface area (Å²) in [5, 5.41) is 4.98. The van der Waals surface area contributed by atoms with Crippen LogP contribution in [0.15, 0.2) is 23.8 Å². The zero-order valence-electron chi connectivity index (χ0n) is 15.8. The van der Waals surface area contributed by atoms with E-state index in [4.69, 9.17) is 12.2 Å². The number of fused-ring (bicyclic) bond motifs is 1. The van der Waals surface area contributed by atoms with Gasteiger partial charge in [0, 0.05) is 17.3 Å². The molecule has 0 aromatic heterocycles. The van der Waals surface area contributed by atoms with Gasteiger partial charge in [0.05, 0.1) is 0 Å². The van der Waals surface area contributed by atoms with Crippen LogP contribution in [-0.2, 0) is 9.59 Å². The van der Waals surface area contributed by atoms with Crippen molar-refractivity contribution < 1.29 is 9.59 Å². The molecule has 0 spiro atoms. The molecule has 0 aliphatic carbocycles. The summed E-state index contributed by atoms with van der Waals surface area (Å²) >= 11 is 4.83. The lowest BCUT2D eigenvalue weighted by Crippen LogP contribution is -2.51. The van der Waals surface area contributed by atoms with Crippen LogP contribution in [0, 0.1) is 0 Å². The molecule has 1 aromatic carbocycles. The third kappa shape index (κ3) is 3.26. The first kappa shape index (κ1) is 18.6. The number of amides is 2. The first-order chi connectivity index (χ1) is 12.1. The van der Waals surface area contributed by atoms with Crippen LogP contribution < -0.4 is 15.5 Å². The average molecular weight is 372 g/mol. The highest BCUT2D eigenvalue weighted by molar-refractivity contribution is 7.80. The number of rotatable bonds is 2. The van der Waals surface area contributed by atoms with Gasteiger partial charge in [-0.15, -0.1) is 0 Å². The summed E-state index contributed by atoms with van der Waals surface area (Å²) in [6.45, 7) is 11.2. The molecular formula is C20H25N3O2S. The summed E-state index contributed by atoms with van der Waals surface area (Å²) in [4.78, 5) is 26.6. The van der Waals surface area contributed by atoms with E-state index in [1.165, 1.54) is 11.3 Å². The van der Waals surface area contributed by atoms with Crippen molar-refractivity contribution >= 4 is 40.9 Å². The van der Waals surface area contributed by atoms with E-state index in [-0.39, 0.29) is 16.2 Å². The number of nitrogens with one attached hydrogen (secondary N) is 2. The van der Waals surface area contributed by atoms with E-state index in [1.807, 2.05) is 6.07 Å². The van der Waals surface area contributed by atoms with E-state index >= 15 is 0 Å². The minimum Gasteiger partial charge on any atom is -0.364 e. The summed E-state index contributed by atoms with van der Waals surface area (Å²) in [6.07, 6.45) is 2.67. The molecule has 1 fully saturated rings. The predicted octanol–water partition coefficient (Wildman–Crippen LogP) is 3.10. The van der Waals surface area contributed by atoms with Gasteiger partial charge < -0.3 is 4.90 Å². The van der Waals surface area contributed by atoms with E-state index in [0.717, 1.165) is 12.0 Å². The van der Waals surface area contributed by atoms with E-state index in [2.05, 4.69) is 62.3 Å². The van der Waals surface area contributed by atoms with Gasteiger partial charge >= 0.3 is 0 Å². The molecule has 0 saturated carbocycles. The number of carbonyl (C=O) groups excluding carboxylic acids is 2. The van der Waals surface area contributed by atoms with Crippen molar-refractivity contribution in [2.24, 2.45) is 0 Å². The number of nitrogens with zero attached hydrogens (tertiary/aromatic N) is 1. The van der Waals surface area contributed by atoms with Gasteiger partial charge in [-0.05, 0) is 81.6 Å². The number of thiocarbonyl (C=S) groups is 1. The number of anilines is 1. The highest BCUT2D eigenvalue weighted by Crippen LogP contribution is 2.44. The van der Waals surface area contributed by atoms with Crippen LogP contribution >= 0.6 is 12.2 Å². The van der Waals surface area contributed by atoms with E-state index < -0.39 is 11.8 Å². The van der Waals surface area contributed by atoms with Gasteiger partial charge in [-0.2, -0.15) is 0 Å². The van der Waals surface area contributed by atoms with Crippen LogP contribution in [-0.4, -0.2) is 28.5 Å². The molecule has 2 amide bonds. The monoisotopic (exact) mass is 371 g/mol. The van der Waals surface area contributed by atoms with Crippen LogP contribution in [0.3, 0.4) is 0 Å². The molecule has 1 aromatic rings. The fraction of sp³-hybridized carbons (Fsp3) is 0.450. The molecule has 0 radical (unpaired) electrons. The summed E-state index contributed by atoms with van der Waals surface area (Å²) in [5.41, 5.74) is 3.47. The molecular weight excluding hydrogens is 346 g/mol. The molecule has 6 heteroatoms. The minimum atomic E-state index is -0.463. The molecule has 2 N–H and O–H groups in total. The first-order valence-electron chi connectivity index (χ1n) is 8.92. The number of benzene rings is 1. The molecule has 1 atom stereocenters. The molecule has 2 heterocycles. The smallest absolute Gasteiger partial charge is 0.263 e. The first-order valence-corrected chi connectivity index (χ1v) is 9.32. The van der Waals surface area contributed by atoms with Crippen LogP contribution in [0.2, 0.25) is 0 Å². The molecule has 5 nitrogen and oxygen atoms in total. The Labute approximate surface area is 159 Å². The Hall–Kier alpha value is -2.21. The van der Waals surface area contributed by atoms with Crippen LogP contribution in [0.1, 0.15) is 58.1 Å². The largest absolute Gasteiger partial charge is 0.364 e. The lowest BCUT2D eigenvalue weighted by molar-refractivity contribution is -0.123. The van der Waals surface area contributed by atoms with Gasteiger partial charge in [-0.1, -0.05) is 13.0 Å². The molecule has 138 valence electrons. The van der Waals surface area contributed by atoms with E-state index in [1.54, 1.807) is 6.08 Å². The van der Waals surface area contributed by atoms with Crippen molar-refractivity contribution in [1.82, 2.24) is 10.6 Å². The number of hydrogen-bond donors (Lipinski definition) is 2. The standard InChI is InChI=1S/C20H25N3O2S/c1-11(2)23-16-7-6-13(8-14(16)12(3)10-20(23,4)5)9-15-17(24)21-19(26)22-18(15)25/h6-9,11-12H,10H2,1-5H3,(H2,21,22,24,25,26). The topological polar surface area (TPSA) is 61.4 Å². The van der Waals surface area contributed by atoms with Gasteiger partial charge in [-0.3, -0.25) is 20.2 Å². The Balaban J connectivity index is 2.03. The second-order valence-electron chi connectivity index (χ2n) is 7.99. The normalized spacial score (nSPS) is 22.1. The van der Waals surface area contributed by atoms with Crippen LogP contribution in [0.4, 0.5) is 5.69 Å². The van der Waals surface area contributed by atoms with Crippen molar-refractivity contribution in [3.8, 4) is 0 Å². The Bertz CT molecular complexity index is 804. The van der Waals surface area contributed by atoms with Gasteiger partial charge in [0.25, 0.3) is 11.8 Å². The third-order valence-corrected chi connectivity index (χ3v) is 5.27. The summed E-state index contributed by atoms with van der Waals surface area (Å²) in [6, 6.07) is 6.53. The fourth-order valence-electron chi connectivity index (χ4n) is 4.31. The van der Waals surface area contributed by atoms with Crippen LogP contribution in [0.5, 0.6) is 0 Å². The van der Waals surface area contributed by atoms with E-state index in [0.29, 0.717) is 12.0 Å². The summed E-state index contributed by atoms with van der Waals surface area (Å²) in [5.74, 6) is -0.529. The molecule has 2 aliphatic heterocycles. The molecule has 3 rings (SSSR count). The number of carbonyl (C=O) groups is 2. The van der Waals surface area contributed by atoms with Crippen LogP contribution in [0.25, 0.3) is 6.08 Å². The van der Waals surface area contributed by atoms with Crippen molar-refractivity contribution in [3.63, 3.8) is 0 Å². The Morgan fingerprint density at radius 3 is 2.42 bits per heavy atom. The van der Waals surface area contributed by atoms with Gasteiger partial charge in [0.1, 0.15) is 5.57 Å². The van der Waals surface area contributed by atoms with Crippen molar-refractivity contribution in [2.45, 2.75) is 58.5 Å². The lowest BCUT2D eigenvalue weighted by Gasteiger charge is -2.50. The third-order valence-electron chi connectivity index (χ3n) is 5.07. The van der Waals surface area contributed by atoms with Crippen molar-refractivity contribution in [3.05, 3.63) is 34.9 Å². The zero-order valence-corrected chi connectivity index (χ0v) is 16.7. The maximum atomic E-state index is 12.1. The SMILES string of the molecule is CC1CC(C)(C)N(C(C)C)c2ccc(C=C3C(=O)NC(=S)NC3=O)cc21. The average Bonchev–Trinajstić information content (AvgIpc) is 2.50. The van der Waals surface area contributed by atoms with Gasteiger partial charge in [-0.25, -0.2) is 0 Å². The van der Waals surface area contributed by atoms with Crippen molar-refractivity contribution in [2.75, 3.05) is 4.90 Å². The van der Waals surface area contributed by atoms with E-state index in [9.17, 15) is 9.59 Å². The maximum Gasteiger partial charge on any atom is 0.263 e. The summed E-state index contributed by atoms with van der Waals surface area (Å²) < 4.78 is 0. The minimum absolute atomic E-state index is 0.0472. The predicted molar refractivity (Wildman–Crippen MR) is 108 cm³/mol. The molecule has 1 unspecified atom stereocenters. The summed E-state index contributed by atoms with van der Waals surface area (Å²) in [7, 11) is 0. The quantitative estimate of drug-likeness (QED) is 0.476. The highest BCUT2D eigenvalue weighted by Gasteiger charge is 2.37. The maximum absolute atomic E-state index is 12.1. The molecule has 1 saturated heterocycles. The molecule has 26 heavy (non-hydrogen) atoms. The van der Waals surface area contributed by atoms with Gasteiger partial charge in [0.15, 0.2) is 5.11 Å². The Morgan fingerprint density at radius 2 is 1.85 bits per heavy atom. The van der Waals surface area contributed by atoms with Gasteiger partial charge in [0.2, 0.25) is 0 Å². The Kier molecular flexibility index (Phi) is 4.65. The second-order valence-corrected chi connectivity index (χ2v) is 8.40. The fourth-order valence-corrected chi connectivity index (χ4v) is 4.50. The second kappa shape index (κ2) is 6.50. The Morgan fingerprint density at radius 1 is 1.23 bits per heavy atom. The lowest BCUT2D eigenvalue weighted by atomic mass is 9.79. The zero-order chi connectivity index (χ0) is 19.2. The number of hydrogen-bond acceptors (Lipinski definition) is 4. The molecule has 0 bridgehead atoms. The van der Waals surface area contributed by atoms with Crippen molar-refractivity contribution in [1.29, 1.82) is 0 Å². The highest BCUT2D eigenvalue weighted by atomic mass is 32.1. The molecule has 2 aliphatic rings.